The first-order valence-electron chi connectivity index (χ1n) is 6.08. The first kappa shape index (κ1) is 12.2. The molecule has 3 rings (SSSR count). The maximum absolute atomic E-state index is 9.57. The molecule has 0 amide bonds. The third kappa shape index (κ3) is 2.23. The number of aliphatic hydroxyl groups is 1. The lowest BCUT2D eigenvalue weighted by molar-refractivity contribution is 0.274. The molecule has 1 N–H and O–H groups in total. The molecule has 0 atom stereocenters. The van der Waals surface area contributed by atoms with Crippen molar-refractivity contribution in [3.05, 3.63) is 70.6 Å². The lowest BCUT2D eigenvalue weighted by Gasteiger charge is -2.02. The average Bonchev–Trinajstić information content (AvgIpc) is 2.79. The van der Waals surface area contributed by atoms with Gasteiger partial charge in [0.25, 0.3) is 0 Å². The topological polar surface area (TPSA) is 37.5 Å². The maximum Gasteiger partial charge on any atom is 0.156 e. The molecule has 0 unspecified atom stereocenters. The van der Waals surface area contributed by atoms with Crippen LogP contribution in [-0.4, -0.2) is 14.5 Å². The van der Waals surface area contributed by atoms with Crippen LogP contribution >= 0.6 is 11.6 Å². The molecule has 4 heteroatoms. The van der Waals surface area contributed by atoms with Crippen molar-refractivity contribution < 1.29 is 5.11 Å². The summed E-state index contributed by atoms with van der Waals surface area (Å²) in [6.07, 6.45) is 2.56. The lowest BCUT2D eigenvalue weighted by Crippen LogP contribution is -1.97. The van der Waals surface area contributed by atoms with E-state index in [0.29, 0.717) is 17.1 Å². The molecule has 3 aromatic rings. The van der Waals surface area contributed by atoms with Gasteiger partial charge in [-0.15, -0.1) is 0 Å². The number of fused-ring (bicyclic) bond motifs is 1. The molecule has 0 saturated heterocycles. The molecule has 0 aliphatic rings. The van der Waals surface area contributed by atoms with Crippen molar-refractivity contribution in [3.63, 3.8) is 0 Å². The molecule has 0 aliphatic carbocycles. The Bertz CT molecular complexity index is 707. The first-order chi connectivity index (χ1) is 9.29. The van der Waals surface area contributed by atoms with Gasteiger partial charge >= 0.3 is 0 Å². The van der Waals surface area contributed by atoms with Crippen LogP contribution in [0.2, 0.25) is 5.02 Å². The number of nitrogens with zero attached hydrogens (tertiary/aromatic N) is 2. The Labute approximate surface area is 116 Å². The number of benzene rings is 1. The van der Waals surface area contributed by atoms with Crippen molar-refractivity contribution >= 4 is 17.2 Å². The number of rotatable bonds is 3. The molecule has 1 aromatic carbocycles. The van der Waals surface area contributed by atoms with Crippen LogP contribution in [0.5, 0.6) is 0 Å². The summed E-state index contributed by atoms with van der Waals surface area (Å²) >= 11 is 6.14. The van der Waals surface area contributed by atoms with Gasteiger partial charge in [0, 0.05) is 12.6 Å². The first-order valence-corrected chi connectivity index (χ1v) is 6.46. The van der Waals surface area contributed by atoms with Gasteiger partial charge in [-0.2, -0.15) is 0 Å². The Morgan fingerprint density at radius 3 is 2.63 bits per heavy atom. The number of hydrogen-bond acceptors (Lipinski definition) is 2. The molecule has 2 aromatic heterocycles. The zero-order chi connectivity index (χ0) is 13.2. The molecule has 96 valence electrons. The van der Waals surface area contributed by atoms with Gasteiger partial charge in [0.1, 0.15) is 0 Å². The average molecular weight is 273 g/mol. The second-order valence-corrected chi connectivity index (χ2v) is 4.78. The van der Waals surface area contributed by atoms with E-state index in [1.165, 1.54) is 0 Å². The smallest absolute Gasteiger partial charge is 0.156 e. The zero-order valence-corrected chi connectivity index (χ0v) is 11.0. The summed E-state index contributed by atoms with van der Waals surface area (Å²) in [6.45, 7) is -0.0519. The van der Waals surface area contributed by atoms with Crippen molar-refractivity contribution in [3.8, 4) is 0 Å². The number of aliphatic hydroxyl groups excluding tert-OH is 1. The van der Waals surface area contributed by atoms with Crippen molar-refractivity contribution in [2.24, 2.45) is 0 Å². The Morgan fingerprint density at radius 1 is 1.11 bits per heavy atom. The highest BCUT2D eigenvalue weighted by Gasteiger charge is 2.13. The Balaban J connectivity index is 2.11. The summed E-state index contributed by atoms with van der Waals surface area (Å²) in [4.78, 5) is 4.55. The van der Waals surface area contributed by atoms with Crippen molar-refractivity contribution in [2.75, 3.05) is 0 Å². The number of halogens is 1. The van der Waals surface area contributed by atoms with Gasteiger partial charge < -0.3 is 9.51 Å². The number of hydrogen-bond donors (Lipinski definition) is 1. The predicted molar refractivity (Wildman–Crippen MR) is 75.4 cm³/mol. The molecular formula is C15H13ClN2O. The van der Waals surface area contributed by atoms with E-state index in [0.717, 1.165) is 17.0 Å². The Morgan fingerprint density at radius 2 is 1.89 bits per heavy atom. The predicted octanol–water partition coefficient (Wildman–Crippen LogP) is 3.07. The number of imidazole rings is 1. The maximum atomic E-state index is 9.57. The molecule has 0 saturated carbocycles. The molecule has 19 heavy (non-hydrogen) atoms. The minimum atomic E-state index is -0.0519. The highest BCUT2D eigenvalue weighted by molar-refractivity contribution is 6.33. The summed E-state index contributed by atoms with van der Waals surface area (Å²) in [5.41, 5.74) is 3.51. The Hall–Kier alpha value is -1.84. The van der Waals surface area contributed by atoms with E-state index in [9.17, 15) is 5.11 Å². The van der Waals surface area contributed by atoms with Crippen LogP contribution in [0.1, 0.15) is 17.0 Å². The number of aromatic nitrogens is 2. The minimum Gasteiger partial charge on any atom is -0.390 e. The molecule has 2 heterocycles. The summed E-state index contributed by atoms with van der Waals surface area (Å²) < 4.78 is 1.85. The fourth-order valence-corrected chi connectivity index (χ4v) is 2.43. The van der Waals surface area contributed by atoms with E-state index in [1.54, 1.807) is 6.07 Å². The molecule has 0 aliphatic heterocycles. The largest absolute Gasteiger partial charge is 0.390 e. The molecular weight excluding hydrogens is 260 g/mol. The monoisotopic (exact) mass is 272 g/mol. The van der Waals surface area contributed by atoms with Crippen LogP contribution in [0, 0.1) is 0 Å². The molecule has 0 bridgehead atoms. The van der Waals surface area contributed by atoms with Gasteiger partial charge in [0.2, 0.25) is 0 Å². The van der Waals surface area contributed by atoms with E-state index in [2.05, 4.69) is 4.98 Å². The van der Waals surface area contributed by atoms with E-state index >= 15 is 0 Å². The highest BCUT2D eigenvalue weighted by atomic mass is 35.5. The highest BCUT2D eigenvalue weighted by Crippen LogP contribution is 2.22. The second kappa shape index (κ2) is 5.03. The van der Waals surface area contributed by atoms with Crippen LogP contribution in [0.25, 0.3) is 5.65 Å². The third-order valence-corrected chi connectivity index (χ3v) is 3.44. The van der Waals surface area contributed by atoms with Crippen LogP contribution < -0.4 is 0 Å². The molecule has 0 spiro atoms. The van der Waals surface area contributed by atoms with E-state index in [1.807, 2.05) is 47.0 Å². The quantitative estimate of drug-likeness (QED) is 0.796. The van der Waals surface area contributed by atoms with Gasteiger partial charge in [-0.1, -0.05) is 41.9 Å². The third-order valence-electron chi connectivity index (χ3n) is 3.15. The van der Waals surface area contributed by atoms with Gasteiger partial charge in [0.15, 0.2) is 5.65 Å². The SMILES string of the molecule is OCc1c(Cc2ccccc2)nc2c(Cl)cccn12. The van der Waals surface area contributed by atoms with E-state index in [-0.39, 0.29) is 6.61 Å². The van der Waals surface area contributed by atoms with Crippen molar-refractivity contribution in [1.82, 2.24) is 9.38 Å². The van der Waals surface area contributed by atoms with Crippen molar-refractivity contribution in [1.29, 1.82) is 0 Å². The summed E-state index contributed by atoms with van der Waals surface area (Å²) in [6, 6.07) is 13.7. The second-order valence-electron chi connectivity index (χ2n) is 4.38. The normalized spacial score (nSPS) is 11.1. The van der Waals surface area contributed by atoms with Gasteiger partial charge in [0.05, 0.1) is 23.0 Å². The fraction of sp³-hybridized carbons (Fsp3) is 0.133. The standard InChI is InChI=1S/C15H13ClN2O/c16-12-7-4-8-18-14(10-19)13(17-15(12)18)9-11-5-2-1-3-6-11/h1-8,19H,9-10H2. The fourth-order valence-electron chi connectivity index (χ4n) is 2.23. The minimum absolute atomic E-state index is 0.0519. The molecule has 0 radical (unpaired) electrons. The Kier molecular flexibility index (Phi) is 3.23. The van der Waals surface area contributed by atoms with Crippen LogP contribution in [0.15, 0.2) is 48.7 Å². The summed E-state index contributed by atoms with van der Waals surface area (Å²) in [7, 11) is 0. The van der Waals surface area contributed by atoms with Crippen LogP contribution in [-0.2, 0) is 13.0 Å². The van der Waals surface area contributed by atoms with Crippen molar-refractivity contribution in [2.45, 2.75) is 13.0 Å². The van der Waals surface area contributed by atoms with Gasteiger partial charge in [-0.05, 0) is 17.7 Å². The van der Waals surface area contributed by atoms with E-state index in [4.69, 9.17) is 11.6 Å². The lowest BCUT2D eigenvalue weighted by atomic mass is 10.1. The van der Waals surface area contributed by atoms with Gasteiger partial charge in [-0.3, -0.25) is 0 Å². The summed E-state index contributed by atoms with van der Waals surface area (Å²) in [5, 5.41) is 10.2. The van der Waals surface area contributed by atoms with Crippen LogP contribution in [0.3, 0.4) is 0 Å². The zero-order valence-electron chi connectivity index (χ0n) is 10.3. The van der Waals surface area contributed by atoms with Gasteiger partial charge in [-0.25, -0.2) is 4.98 Å². The molecule has 3 nitrogen and oxygen atoms in total. The number of pyridine rings is 1. The summed E-state index contributed by atoms with van der Waals surface area (Å²) in [5.74, 6) is 0. The van der Waals surface area contributed by atoms with E-state index < -0.39 is 0 Å². The molecule has 0 fully saturated rings. The van der Waals surface area contributed by atoms with Crippen LogP contribution in [0.4, 0.5) is 0 Å².